The van der Waals surface area contributed by atoms with Gasteiger partial charge in [0, 0.05) is 25.6 Å². The fourth-order valence-corrected chi connectivity index (χ4v) is 4.51. The lowest BCUT2D eigenvalue weighted by molar-refractivity contribution is -0.142. The first-order valence-corrected chi connectivity index (χ1v) is 8.74. The van der Waals surface area contributed by atoms with Gasteiger partial charge in [0.05, 0.1) is 6.10 Å². The fraction of sp³-hybridized carbons (Fsp3) is 0.824. The number of amides is 4. The van der Waals surface area contributed by atoms with Crippen molar-refractivity contribution in [2.45, 2.75) is 57.6 Å². The summed E-state index contributed by atoms with van der Waals surface area (Å²) in [6.07, 6.45) is 5.46. The Kier molecular flexibility index (Phi) is 4.32. The molecule has 3 rings (SSSR count). The topological polar surface area (TPSA) is 79.0 Å². The van der Waals surface area contributed by atoms with Crippen LogP contribution in [0, 0.1) is 5.41 Å². The van der Waals surface area contributed by atoms with Gasteiger partial charge < -0.3 is 15.0 Å². The lowest BCUT2D eigenvalue weighted by Crippen LogP contribution is -2.52. The van der Waals surface area contributed by atoms with Crippen LogP contribution in [0.2, 0.25) is 0 Å². The van der Waals surface area contributed by atoms with E-state index in [4.69, 9.17) is 4.74 Å². The number of urea groups is 1. The van der Waals surface area contributed by atoms with E-state index in [0.29, 0.717) is 13.1 Å². The van der Waals surface area contributed by atoms with Crippen molar-refractivity contribution in [1.82, 2.24) is 15.1 Å². The largest absolute Gasteiger partial charge is 0.381 e. The number of methoxy groups -OCH3 is 1. The van der Waals surface area contributed by atoms with Gasteiger partial charge in [-0.2, -0.15) is 0 Å². The number of hydrogen-bond acceptors (Lipinski definition) is 4. The molecule has 0 aromatic rings. The maximum Gasteiger partial charge on any atom is 0.325 e. The van der Waals surface area contributed by atoms with Crippen LogP contribution in [-0.4, -0.2) is 66.0 Å². The SMILES string of the molecule is CO[C@@H]1CCC[C@]12CCCN(C(=O)CN1C(=O)NC(C)(C)C1=O)C2. The van der Waals surface area contributed by atoms with Crippen LogP contribution in [0.15, 0.2) is 0 Å². The van der Waals surface area contributed by atoms with Crippen LogP contribution < -0.4 is 5.32 Å². The van der Waals surface area contributed by atoms with Gasteiger partial charge in [-0.3, -0.25) is 14.5 Å². The van der Waals surface area contributed by atoms with Crippen molar-refractivity contribution in [2.24, 2.45) is 5.41 Å². The number of imide groups is 1. The van der Waals surface area contributed by atoms with E-state index in [1.807, 2.05) is 4.90 Å². The third kappa shape index (κ3) is 2.79. The molecule has 7 nitrogen and oxygen atoms in total. The molecule has 2 saturated heterocycles. The van der Waals surface area contributed by atoms with Crippen LogP contribution in [0.3, 0.4) is 0 Å². The molecule has 1 spiro atoms. The van der Waals surface area contributed by atoms with Crippen molar-refractivity contribution < 1.29 is 19.1 Å². The Bertz CT molecular complexity index is 562. The monoisotopic (exact) mass is 337 g/mol. The third-order valence-electron chi connectivity index (χ3n) is 5.81. The first-order valence-electron chi connectivity index (χ1n) is 8.74. The number of carbonyl (C=O) groups excluding carboxylic acids is 3. The molecule has 4 amide bonds. The van der Waals surface area contributed by atoms with Crippen LogP contribution in [0.25, 0.3) is 0 Å². The molecule has 1 aliphatic carbocycles. The van der Waals surface area contributed by atoms with Gasteiger partial charge in [0.1, 0.15) is 12.1 Å². The average molecular weight is 337 g/mol. The number of piperidine rings is 1. The summed E-state index contributed by atoms with van der Waals surface area (Å²) in [5.74, 6) is -0.500. The van der Waals surface area contributed by atoms with Gasteiger partial charge in [0.25, 0.3) is 5.91 Å². The van der Waals surface area contributed by atoms with Crippen molar-refractivity contribution in [1.29, 1.82) is 0 Å². The molecule has 2 atom stereocenters. The first-order chi connectivity index (χ1) is 11.3. The van der Waals surface area contributed by atoms with Gasteiger partial charge >= 0.3 is 6.03 Å². The molecular formula is C17H27N3O4. The van der Waals surface area contributed by atoms with E-state index in [1.54, 1.807) is 21.0 Å². The van der Waals surface area contributed by atoms with Gasteiger partial charge in [-0.1, -0.05) is 6.42 Å². The molecule has 7 heteroatoms. The van der Waals surface area contributed by atoms with Crippen LogP contribution >= 0.6 is 0 Å². The number of carbonyl (C=O) groups is 3. The smallest absolute Gasteiger partial charge is 0.325 e. The minimum Gasteiger partial charge on any atom is -0.381 e. The van der Waals surface area contributed by atoms with Crippen molar-refractivity contribution >= 4 is 17.8 Å². The highest BCUT2D eigenvalue weighted by molar-refractivity contribution is 6.08. The Morgan fingerprint density at radius 1 is 1.29 bits per heavy atom. The van der Waals surface area contributed by atoms with E-state index in [1.165, 1.54) is 0 Å². The van der Waals surface area contributed by atoms with Crippen molar-refractivity contribution in [3.8, 4) is 0 Å². The predicted octanol–water partition coefficient (Wildman–Crippen LogP) is 1.12. The zero-order chi connectivity index (χ0) is 17.5. The Morgan fingerprint density at radius 2 is 2.00 bits per heavy atom. The summed E-state index contributed by atoms with van der Waals surface area (Å²) in [6, 6.07) is -0.485. The molecule has 24 heavy (non-hydrogen) atoms. The van der Waals surface area contributed by atoms with E-state index in [2.05, 4.69) is 5.32 Å². The summed E-state index contributed by atoms with van der Waals surface area (Å²) in [4.78, 5) is 39.8. The highest BCUT2D eigenvalue weighted by Gasteiger charge is 2.48. The standard InChI is InChI=1S/C17H27N3O4/c1-16(2)14(22)20(15(23)18-16)10-13(21)19-9-5-8-17(11-19)7-4-6-12(17)24-3/h12H,4-11H2,1-3H3,(H,18,23)/t12-,17-/m1/s1. The molecule has 0 aromatic heterocycles. The predicted molar refractivity (Wildman–Crippen MR) is 87.2 cm³/mol. The molecular weight excluding hydrogens is 310 g/mol. The second-order valence-corrected chi connectivity index (χ2v) is 7.84. The fourth-order valence-electron chi connectivity index (χ4n) is 4.51. The quantitative estimate of drug-likeness (QED) is 0.783. The second kappa shape index (κ2) is 6.02. The van der Waals surface area contributed by atoms with Crippen LogP contribution in [-0.2, 0) is 14.3 Å². The molecule has 0 radical (unpaired) electrons. The van der Waals surface area contributed by atoms with Crippen LogP contribution in [0.5, 0.6) is 0 Å². The number of likely N-dealkylation sites (tertiary alicyclic amines) is 1. The highest BCUT2D eigenvalue weighted by Crippen LogP contribution is 2.46. The summed E-state index contributed by atoms with van der Waals surface area (Å²) < 4.78 is 5.66. The lowest BCUT2D eigenvalue weighted by Gasteiger charge is -2.43. The molecule has 0 bridgehead atoms. The maximum atomic E-state index is 12.7. The van der Waals surface area contributed by atoms with Gasteiger partial charge in [-0.15, -0.1) is 0 Å². The van der Waals surface area contributed by atoms with Gasteiger partial charge in [0.2, 0.25) is 5.91 Å². The van der Waals surface area contributed by atoms with Gasteiger partial charge in [-0.25, -0.2) is 4.79 Å². The van der Waals surface area contributed by atoms with E-state index in [9.17, 15) is 14.4 Å². The van der Waals surface area contributed by atoms with Crippen LogP contribution in [0.1, 0.15) is 46.0 Å². The van der Waals surface area contributed by atoms with Crippen molar-refractivity contribution in [2.75, 3.05) is 26.7 Å². The Morgan fingerprint density at radius 3 is 2.62 bits per heavy atom. The second-order valence-electron chi connectivity index (χ2n) is 7.84. The normalized spacial score (nSPS) is 32.5. The first kappa shape index (κ1) is 17.2. The van der Waals surface area contributed by atoms with Gasteiger partial charge in [-0.05, 0) is 39.5 Å². The summed E-state index contributed by atoms with van der Waals surface area (Å²) in [7, 11) is 1.74. The summed E-state index contributed by atoms with van der Waals surface area (Å²) in [5.41, 5.74) is -0.897. The molecule has 1 saturated carbocycles. The highest BCUT2D eigenvalue weighted by atomic mass is 16.5. The van der Waals surface area contributed by atoms with Gasteiger partial charge in [0.15, 0.2) is 0 Å². The number of rotatable bonds is 3. The van der Waals surface area contributed by atoms with Crippen molar-refractivity contribution in [3.05, 3.63) is 0 Å². The van der Waals surface area contributed by atoms with E-state index in [-0.39, 0.29) is 29.9 Å². The summed E-state index contributed by atoms with van der Waals surface area (Å²) in [6.45, 7) is 4.47. The summed E-state index contributed by atoms with van der Waals surface area (Å²) in [5, 5.41) is 2.61. The molecule has 2 aliphatic heterocycles. The molecule has 1 N–H and O–H groups in total. The molecule has 0 aromatic carbocycles. The lowest BCUT2D eigenvalue weighted by atomic mass is 9.76. The molecule has 0 unspecified atom stereocenters. The molecule has 3 fully saturated rings. The van der Waals surface area contributed by atoms with Crippen molar-refractivity contribution in [3.63, 3.8) is 0 Å². The Labute approximate surface area is 142 Å². The minimum absolute atomic E-state index is 0.0409. The summed E-state index contributed by atoms with van der Waals surface area (Å²) >= 11 is 0. The van der Waals surface area contributed by atoms with E-state index < -0.39 is 11.6 Å². The third-order valence-corrected chi connectivity index (χ3v) is 5.81. The molecule has 134 valence electrons. The average Bonchev–Trinajstić information content (AvgIpc) is 3.00. The zero-order valence-electron chi connectivity index (χ0n) is 14.8. The molecule has 3 aliphatic rings. The Hall–Kier alpha value is -1.63. The maximum absolute atomic E-state index is 12.7. The molecule has 2 heterocycles. The number of nitrogens with zero attached hydrogens (tertiary/aromatic N) is 2. The van der Waals surface area contributed by atoms with E-state index in [0.717, 1.165) is 37.0 Å². The number of ether oxygens (including phenoxy) is 1. The van der Waals surface area contributed by atoms with Crippen LogP contribution in [0.4, 0.5) is 4.79 Å². The van der Waals surface area contributed by atoms with E-state index >= 15 is 0 Å². The number of hydrogen-bond donors (Lipinski definition) is 1. The zero-order valence-corrected chi connectivity index (χ0v) is 14.8. The Balaban J connectivity index is 1.67. The minimum atomic E-state index is -0.937. The number of nitrogens with one attached hydrogen (secondary N) is 1.